The number of pyridine rings is 1. The Kier molecular flexibility index (Phi) is 8.88. The van der Waals surface area contributed by atoms with Gasteiger partial charge in [-0.05, 0) is 112 Å². The molecule has 2 heteroatoms. The van der Waals surface area contributed by atoms with Crippen LogP contribution in [0.4, 0.5) is 0 Å². The highest BCUT2D eigenvalue weighted by Crippen LogP contribution is 2.39. The number of rotatable bonds is 8. The quantitative estimate of drug-likeness (QED) is 0.124. The molecule has 0 saturated heterocycles. The monoisotopic (exact) mass is 706 g/mol. The van der Waals surface area contributed by atoms with Crippen molar-refractivity contribution in [3.8, 4) is 44.6 Å². The lowest BCUT2D eigenvalue weighted by Crippen LogP contribution is -2.02. The molecule has 0 radical (unpaired) electrons. The first-order chi connectivity index (χ1) is 26.9. The maximum absolute atomic E-state index is 8.96. The van der Waals surface area contributed by atoms with E-state index in [9.17, 15) is 0 Å². The average Bonchev–Trinajstić information content (AvgIpc) is 3.23. The summed E-state index contributed by atoms with van der Waals surface area (Å²) in [4.78, 5) is 5.17. The van der Waals surface area contributed by atoms with Crippen molar-refractivity contribution in [3.05, 3.63) is 198 Å². The topological polar surface area (TPSA) is 36.7 Å². The first-order valence-electron chi connectivity index (χ1n) is 19.2. The maximum atomic E-state index is 8.96. The van der Waals surface area contributed by atoms with E-state index in [1.807, 2.05) is 0 Å². The van der Waals surface area contributed by atoms with Gasteiger partial charge in [0.05, 0.1) is 11.2 Å². The van der Waals surface area contributed by atoms with Crippen LogP contribution in [0, 0.1) is 26.2 Å². The fourth-order valence-electron chi connectivity index (χ4n) is 8.10. The molecular weight excluding hydrogens is 665 g/mol. The molecule has 0 atom stereocenters. The smallest absolute Gasteiger partial charge is 0.0787 e. The van der Waals surface area contributed by atoms with Crippen LogP contribution in [0.3, 0.4) is 0 Å². The van der Waals surface area contributed by atoms with Crippen LogP contribution in [0.15, 0.2) is 170 Å². The molecule has 0 fully saturated rings. The Bertz CT molecular complexity index is 2900. The summed E-state index contributed by atoms with van der Waals surface area (Å²) in [6.45, 7) is 6.50. The van der Waals surface area contributed by atoms with Crippen molar-refractivity contribution >= 4 is 38.2 Å². The first kappa shape index (κ1) is 34.1. The summed E-state index contributed by atoms with van der Waals surface area (Å²) in [5.41, 5.74) is 16.9. The minimum Gasteiger partial charge on any atom is -0.305 e. The van der Waals surface area contributed by atoms with Gasteiger partial charge in [-0.25, -0.2) is 4.98 Å². The molecule has 1 N–H and O–H groups in total. The van der Waals surface area contributed by atoms with E-state index in [4.69, 9.17) is 10.4 Å². The number of hydrogen-bond donors (Lipinski definition) is 1. The third kappa shape index (κ3) is 6.62. The highest BCUT2D eigenvalue weighted by molar-refractivity contribution is 6.06. The Hall–Kier alpha value is -6.64. The molecule has 264 valence electrons. The zero-order valence-corrected chi connectivity index (χ0v) is 31.5. The van der Waals surface area contributed by atoms with Crippen molar-refractivity contribution in [1.82, 2.24) is 4.98 Å². The van der Waals surface area contributed by atoms with Gasteiger partial charge in [0.15, 0.2) is 0 Å². The summed E-state index contributed by atoms with van der Waals surface area (Å²) in [6, 6.07) is 61.1. The zero-order valence-electron chi connectivity index (χ0n) is 31.5. The Morgan fingerprint density at radius 3 is 1.62 bits per heavy atom. The fraction of sp³-hybridized carbons (Fsp3) is 0.0943. The van der Waals surface area contributed by atoms with Gasteiger partial charge >= 0.3 is 0 Å². The number of aryl methyl sites for hydroxylation is 4. The van der Waals surface area contributed by atoms with Crippen LogP contribution >= 0.6 is 0 Å². The SMILES string of the molecule is Cc1ccc2ccc(CCC(=N)c3ccc(-c4ccccc4-c4ccccc4-c4ccc(-c5ccc6ccc7ccc(C)cc7c6n5)cc4)cc3)c(C)c2c1. The first-order valence-corrected chi connectivity index (χ1v) is 19.2. The van der Waals surface area contributed by atoms with Gasteiger partial charge in [0, 0.05) is 22.0 Å². The molecule has 0 unspecified atom stereocenters. The van der Waals surface area contributed by atoms with E-state index in [0.29, 0.717) is 12.1 Å². The second-order valence-electron chi connectivity index (χ2n) is 14.9. The van der Waals surface area contributed by atoms with Crippen LogP contribution in [0.5, 0.6) is 0 Å². The van der Waals surface area contributed by atoms with Crippen molar-refractivity contribution in [2.24, 2.45) is 0 Å². The molecule has 9 aromatic rings. The normalized spacial score (nSPS) is 11.4. The molecule has 2 nitrogen and oxygen atoms in total. The highest BCUT2D eigenvalue weighted by atomic mass is 14.7. The standard InChI is InChI=1S/C53H42N2/c1-34-12-14-40-17-16-37(36(3)49(40)32-34)28-30-51(54)42-23-18-38(19-24-42)45-8-4-6-10-47(45)48-11-7-5-9-46(48)39-20-25-43(26-21-39)52-31-29-44-27-22-41-15-13-35(2)33-50(41)53(44)55-52/h4-27,29,31-33,54H,28,30H2,1-3H3. The summed E-state index contributed by atoms with van der Waals surface area (Å²) in [5.74, 6) is 0. The maximum Gasteiger partial charge on any atom is 0.0787 e. The molecule has 0 aliphatic rings. The lowest BCUT2D eigenvalue weighted by atomic mass is 9.88. The minimum atomic E-state index is 0.666. The van der Waals surface area contributed by atoms with Gasteiger partial charge in [-0.1, -0.05) is 169 Å². The predicted octanol–water partition coefficient (Wildman–Crippen LogP) is 14.1. The van der Waals surface area contributed by atoms with Gasteiger partial charge in [0.25, 0.3) is 0 Å². The lowest BCUT2D eigenvalue weighted by Gasteiger charge is -2.15. The summed E-state index contributed by atoms with van der Waals surface area (Å²) in [5, 5.41) is 15.1. The molecule has 1 aromatic heterocycles. The molecule has 0 amide bonds. The van der Waals surface area contributed by atoms with E-state index in [1.165, 1.54) is 66.1 Å². The van der Waals surface area contributed by atoms with Crippen LogP contribution < -0.4 is 0 Å². The third-order valence-corrected chi connectivity index (χ3v) is 11.2. The average molecular weight is 707 g/mol. The van der Waals surface area contributed by atoms with Gasteiger partial charge in [-0.2, -0.15) is 0 Å². The van der Waals surface area contributed by atoms with E-state index in [1.54, 1.807) is 0 Å². The molecule has 0 aliphatic carbocycles. The number of benzene rings is 8. The highest BCUT2D eigenvalue weighted by Gasteiger charge is 2.14. The van der Waals surface area contributed by atoms with Gasteiger partial charge in [-0.3, -0.25) is 0 Å². The molecule has 0 saturated carbocycles. The number of nitrogens with one attached hydrogen (secondary N) is 1. The number of hydrogen-bond acceptors (Lipinski definition) is 2. The van der Waals surface area contributed by atoms with Crippen LogP contribution in [-0.2, 0) is 6.42 Å². The van der Waals surface area contributed by atoms with Gasteiger partial charge < -0.3 is 5.41 Å². The molecule has 0 spiro atoms. The minimum absolute atomic E-state index is 0.666. The van der Waals surface area contributed by atoms with Crippen molar-refractivity contribution in [2.45, 2.75) is 33.6 Å². The Labute approximate surface area is 323 Å². The van der Waals surface area contributed by atoms with E-state index < -0.39 is 0 Å². The fourth-order valence-corrected chi connectivity index (χ4v) is 8.10. The third-order valence-electron chi connectivity index (χ3n) is 11.2. The zero-order chi connectivity index (χ0) is 37.5. The van der Waals surface area contributed by atoms with E-state index >= 15 is 0 Å². The van der Waals surface area contributed by atoms with Gasteiger partial charge in [0.2, 0.25) is 0 Å². The molecule has 0 aliphatic heterocycles. The molecule has 8 aromatic carbocycles. The predicted molar refractivity (Wildman–Crippen MR) is 234 cm³/mol. The Balaban J connectivity index is 0.970. The summed E-state index contributed by atoms with van der Waals surface area (Å²) in [7, 11) is 0. The van der Waals surface area contributed by atoms with E-state index in [2.05, 4.69) is 191 Å². The second-order valence-corrected chi connectivity index (χ2v) is 14.9. The van der Waals surface area contributed by atoms with Crippen LogP contribution in [0.2, 0.25) is 0 Å². The van der Waals surface area contributed by atoms with Crippen LogP contribution in [-0.4, -0.2) is 10.7 Å². The summed E-state index contributed by atoms with van der Waals surface area (Å²) in [6.07, 6.45) is 1.56. The summed E-state index contributed by atoms with van der Waals surface area (Å²) >= 11 is 0. The second kappa shape index (κ2) is 14.3. The number of nitrogens with zero attached hydrogens (tertiary/aromatic N) is 1. The molecular formula is C53H42N2. The van der Waals surface area contributed by atoms with Crippen molar-refractivity contribution in [3.63, 3.8) is 0 Å². The van der Waals surface area contributed by atoms with Crippen LogP contribution in [0.25, 0.3) is 77.1 Å². The van der Waals surface area contributed by atoms with Crippen molar-refractivity contribution in [2.75, 3.05) is 0 Å². The lowest BCUT2D eigenvalue weighted by molar-refractivity contribution is 1.02. The Morgan fingerprint density at radius 1 is 0.473 bits per heavy atom. The molecule has 0 bridgehead atoms. The molecule has 55 heavy (non-hydrogen) atoms. The largest absolute Gasteiger partial charge is 0.305 e. The molecule has 1 heterocycles. The molecule has 9 rings (SSSR count). The van der Waals surface area contributed by atoms with Gasteiger partial charge in [0.1, 0.15) is 0 Å². The number of fused-ring (bicyclic) bond motifs is 4. The van der Waals surface area contributed by atoms with Crippen LogP contribution in [0.1, 0.15) is 34.2 Å². The van der Waals surface area contributed by atoms with Crippen molar-refractivity contribution < 1.29 is 0 Å². The van der Waals surface area contributed by atoms with Gasteiger partial charge in [-0.15, -0.1) is 0 Å². The van der Waals surface area contributed by atoms with E-state index in [0.717, 1.165) is 45.3 Å². The number of aromatic nitrogens is 1. The van der Waals surface area contributed by atoms with E-state index in [-0.39, 0.29) is 0 Å². The summed E-state index contributed by atoms with van der Waals surface area (Å²) < 4.78 is 0. The Morgan fingerprint density at radius 2 is 0.964 bits per heavy atom. The van der Waals surface area contributed by atoms with Crippen molar-refractivity contribution in [1.29, 1.82) is 5.41 Å².